The highest BCUT2D eigenvalue weighted by Gasteiger charge is 2.15. The standard InChI is InChI=1S/C24H22N4O4S2/c25-19-3-1-5-23(15-19)33(29,30)27-21-11-7-17(8-12-21)18-9-13-22(14-10-18)28-34(31,32)24-6-2-4-20(26)16-24/h1-16,27-28H,25-26H2. The maximum absolute atomic E-state index is 12.6. The molecule has 8 nitrogen and oxygen atoms in total. The summed E-state index contributed by atoms with van der Waals surface area (Å²) in [6, 6.07) is 25.7. The molecular weight excluding hydrogens is 472 g/mol. The molecule has 0 aromatic heterocycles. The molecule has 4 aromatic rings. The molecule has 0 bridgehead atoms. The van der Waals surface area contributed by atoms with Crippen LogP contribution in [-0.2, 0) is 20.0 Å². The van der Waals surface area contributed by atoms with E-state index in [1.165, 1.54) is 24.3 Å². The first kappa shape index (κ1) is 23.1. The summed E-state index contributed by atoms with van der Waals surface area (Å²) in [6.07, 6.45) is 0. The molecule has 10 heteroatoms. The average molecular weight is 495 g/mol. The fourth-order valence-corrected chi connectivity index (χ4v) is 5.48. The summed E-state index contributed by atoms with van der Waals surface area (Å²) in [4.78, 5) is 0.153. The zero-order chi connectivity index (χ0) is 24.3. The van der Waals surface area contributed by atoms with Crippen LogP contribution in [0.2, 0.25) is 0 Å². The number of anilines is 4. The maximum atomic E-state index is 12.6. The molecule has 0 aliphatic heterocycles. The van der Waals surface area contributed by atoms with Crippen molar-refractivity contribution < 1.29 is 16.8 Å². The van der Waals surface area contributed by atoms with Gasteiger partial charge in [0.25, 0.3) is 20.0 Å². The summed E-state index contributed by atoms with van der Waals surface area (Å²) in [5.74, 6) is 0. The van der Waals surface area contributed by atoms with Crippen LogP contribution in [0.5, 0.6) is 0 Å². The molecule has 0 saturated heterocycles. The fraction of sp³-hybridized carbons (Fsp3) is 0. The lowest BCUT2D eigenvalue weighted by molar-refractivity contribution is 0.599. The first-order chi connectivity index (χ1) is 16.1. The molecule has 0 aliphatic carbocycles. The molecule has 6 N–H and O–H groups in total. The monoisotopic (exact) mass is 494 g/mol. The number of benzene rings is 4. The lowest BCUT2D eigenvalue weighted by Gasteiger charge is -2.11. The van der Waals surface area contributed by atoms with Crippen molar-refractivity contribution in [2.45, 2.75) is 9.79 Å². The van der Waals surface area contributed by atoms with E-state index < -0.39 is 20.0 Å². The van der Waals surface area contributed by atoms with Gasteiger partial charge in [-0.1, -0.05) is 36.4 Å². The van der Waals surface area contributed by atoms with Crippen LogP contribution in [0.1, 0.15) is 0 Å². The molecule has 0 aliphatic rings. The molecule has 0 fully saturated rings. The zero-order valence-corrected chi connectivity index (χ0v) is 19.5. The fourth-order valence-electron chi connectivity index (χ4n) is 3.25. The Bertz CT molecular complexity index is 1420. The van der Waals surface area contributed by atoms with Crippen LogP contribution in [0.4, 0.5) is 22.7 Å². The van der Waals surface area contributed by atoms with E-state index in [4.69, 9.17) is 11.5 Å². The van der Waals surface area contributed by atoms with E-state index in [0.29, 0.717) is 22.7 Å². The Hall–Kier alpha value is -4.02. The third-order valence-electron chi connectivity index (χ3n) is 4.94. The first-order valence-corrected chi connectivity index (χ1v) is 13.1. The predicted molar refractivity (Wildman–Crippen MR) is 135 cm³/mol. The average Bonchev–Trinajstić information content (AvgIpc) is 2.80. The van der Waals surface area contributed by atoms with Crippen molar-refractivity contribution in [1.82, 2.24) is 0 Å². The topological polar surface area (TPSA) is 144 Å². The largest absolute Gasteiger partial charge is 0.399 e. The number of hydrogen-bond acceptors (Lipinski definition) is 6. The van der Waals surface area contributed by atoms with Gasteiger partial charge in [0.1, 0.15) is 0 Å². The van der Waals surface area contributed by atoms with Gasteiger partial charge in [-0.15, -0.1) is 0 Å². The van der Waals surface area contributed by atoms with Crippen LogP contribution >= 0.6 is 0 Å². The second-order valence-electron chi connectivity index (χ2n) is 7.51. The molecule has 0 atom stereocenters. The minimum absolute atomic E-state index is 0.0767. The Morgan fingerprint density at radius 2 is 0.853 bits per heavy atom. The second kappa shape index (κ2) is 9.08. The molecule has 174 valence electrons. The summed E-state index contributed by atoms with van der Waals surface area (Å²) in [5, 5.41) is 0. The number of nitrogens with two attached hydrogens (primary N) is 2. The van der Waals surface area contributed by atoms with Gasteiger partial charge in [0, 0.05) is 22.7 Å². The van der Waals surface area contributed by atoms with Crippen LogP contribution < -0.4 is 20.9 Å². The molecule has 4 rings (SSSR count). The van der Waals surface area contributed by atoms with Crippen LogP contribution in [0.3, 0.4) is 0 Å². The van der Waals surface area contributed by atoms with Crippen LogP contribution in [0, 0.1) is 0 Å². The quantitative estimate of drug-likeness (QED) is 0.285. The Morgan fingerprint density at radius 1 is 0.500 bits per heavy atom. The maximum Gasteiger partial charge on any atom is 0.261 e. The number of nitrogens with one attached hydrogen (secondary N) is 2. The normalized spacial score (nSPS) is 11.6. The van der Waals surface area contributed by atoms with Gasteiger partial charge in [-0.25, -0.2) is 16.8 Å². The van der Waals surface area contributed by atoms with Crippen molar-refractivity contribution in [3.63, 3.8) is 0 Å². The predicted octanol–water partition coefficient (Wildman–Crippen LogP) is 4.12. The lowest BCUT2D eigenvalue weighted by Crippen LogP contribution is -2.13. The van der Waals surface area contributed by atoms with Gasteiger partial charge in [0.05, 0.1) is 9.79 Å². The van der Waals surface area contributed by atoms with Gasteiger partial charge in [0.15, 0.2) is 0 Å². The Kier molecular flexibility index (Phi) is 6.18. The highest BCUT2D eigenvalue weighted by molar-refractivity contribution is 7.93. The summed E-state index contributed by atoms with van der Waals surface area (Å²) in [6.45, 7) is 0. The smallest absolute Gasteiger partial charge is 0.261 e. The minimum atomic E-state index is -3.76. The molecule has 0 radical (unpaired) electrons. The van der Waals surface area contributed by atoms with Crippen LogP contribution in [-0.4, -0.2) is 16.8 Å². The zero-order valence-electron chi connectivity index (χ0n) is 17.8. The Balaban J connectivity index is 1.47. The first-order valence-electron chi connectivity index (χ1n) is 10.1. The van der Waals surface area contributed by atoms with Gasteiger partial charge in [-0.3, -0.25) is 9.44 Å². The molecule has 4 aromatic carbocycles. The highest BCUT2D eigenvalue weighted by Crippen LogP contribution is 2.26. The van der Waals surface area contributed by atoms with Crippen molar-refractivity contribution in [3.8, 4) is 11.1 Å². The van der Waals surface area contributed by atoms with Crippen LogP contribution in [0.15, 0.2) is 107 Å². The van der Waals surface area contributed by atoms with Gasteiger partial charge in [0.2, 0.25) is 0 Å². The minimum Gasteiger partial charge on any atom is -0.399 e. The Labute approximate surface area is 198 Å². The third kappa shape index (κ3) is 5.30. The summed E-state index contributed by atoms with van der Waals surface area (Å²) >= 11 is 0. The van der Waals surface area contributed by atoms with Gasteiger partial charge in [-0.2, -0.15) is 0 Å². The van der Waals surface area contributed by atoms with Crippen molar-refractivity contribution in [1.29, 1.82) is 0 Å². The van der Waals surface area contributed by atoms with E-state index in [2.05, 4.69) is 9.44 Å². The van der Waals surface area contributed by atoms with E-state index in [1.54, 1.807) is 72.8 Å². The summed E-state index contributed by atoms with van der Waals surface area (Å²) in [5.41, 5.74) is 14.5. The third-order valence-corrected chi connectivity index (χ3v) is 7.70. The number of hydrogen-bond donors (Lipinski definition) is 4. The Morgan fingerprint density at radius 3 is 1.18 bits per heavy atom. The molecular formula is C24H22N4O4S2. The van der Waals surface area contributed by atoms with E-state index in [-0.39, 0.29) is 9.79 Å². The van der Waals surface area contributed by atoms with E-state index in [1.807, 2.05) is 0 Å². The molecule has 0 saturated carbocycles. The van der Waals surface area contributed by atoms with Gasteiger partial charge < -0.3 is 11.5 Å². The van der Waals surface area contributed by atoms with Crippen molar-refractivity contribution in [2.24, 2.45) is 0 Å². The van der Waals surface area contributed by atoms with Crippen molar-refractivity contribution in [2.75, 3.05) is 20.9 Å². The van der Waals surface area contributed by atoms with E-state index in [0.717, 1.165) is 11.1 Å². The van der Waals surface area contributed by atoms with Crippen LogP contribution in [0.25, 0.3) is 11.1 Å². The number of nitrogen functional groups attached to an aromatic ring is 2. The van der Waals surface area contributed by atoms with Gasteiger partial charge >= 0.3 is 0 Å². The molecule has 0 heterocycles. The molecule has 0 amide bonds. The second-order valence-corrected chi connectivity index (χ2v) is 10.9. The van der Waals surface area contributed by atoms with E-state index >= 15 is 0 Å². The van der Waals surface area contributed by atoms with Gasteiger partial charge in [-0.05, 0) is 71.8 Å². The number of sulfonamides is 2. The van der Waals surface area contributed by atoms with Crippen molar-refractivity contribution in [3.05, 3.63) is 97.1 Å². The molecule has 34 heavy (non-hydrogen) atoms. The summed E-state index contributed by atoms with van der Waals surface area (Å²) in [7, 11) is -7.53. The molecule has 0 spiro atoms. The number of rotatable bonds is 7. The SMILES string of the molecule is Nc1cccc(S(=O)(=O)Nc2ccc(-c3ccc(NS(=O)(=O)c4cccc(N)c4)cc3)cc2)c1. The summed E-state index contributed by atoms with van der Waals surface area (Å²) < 4.78 is 55.3. The van der Waals surface area contributed by atoms with E-state index in [9.17, 15) is 16.8 Å². The van der Waals surface area contributed by atoms with Crippen molar-refractivity contribution >= 4 is 42.8 Å². The molecule has 0 unspecified atom stereocenters. The lowest BCUT2D eigenvalue weighted by atomic mass is 10.1. The highest BCUT2D eigenvalue weighted by atomic mass is 32.2.